The first-order valence-electron chi connectivity index (χ1n) is 10.9. The van der Waals surface area contributed by atoms with E-state index in [1.807, 2.05) is 6.07 Å². The molecule has 2 fully saturated rings. The van der Waals surface area contributed by atoms with E-state index in [0.29, 0.717) is 23.9 Å². The number of rotatable bonds is 6. The van der Waals surface area contributed by atoms with E-state index in [0.717, 1.165) is 23.9 Å². The number of nitrogens with zero attached hydrogens (tertiary/aromatic N) is 1. The van der Waals surface area contributed by atoms with Crippen LogP contribution in [0.4, 0.5) is 4.79 Å². The summed E-state index contributed by atoms with van der Waals surface area (Å²) in [7, 11) is 4.25. The highest BCUT2D eigenvalue weighted by Gasteiger charge is 2.43. The van der Waals surface area contributed by atoms with Gasteiger partial charge in [0, 0.05) is 29.6 Å². The van der Waals surface area contributed by atoms with Crippen LogP contribution in [0.15, 0.2) is 48.7 Å². The molecule has 7 nitrogen and oxygen atoms in total. The fourth-order valence-corrected chi connectivity index (χ4v) is 5.13. The van der Waals surface area contributed by atoms with Gasteiger partial charge in [0.1, 0.15) is 12.1 Å². The van der Waals surface area contributed by atoms with Crippen LogP contribution in [0.5, 0.6) is 0 Å². The molecule has 1 amide bonds. The maximum absolute atomic E-state index is 12.1. The molecule has 7 heteroatoms. The van der Waals surface area contributed by atoms with Crippen LogP contribution in [0.25, 0.3) is 10.9 Å². The number of carboxylic acids is 1. The van der Waals surface area contributed by atoms with Crippen molar-refractivity contribution < 1.29 is 19.4 Å². The second kappa shape index (κ2) is 7.67. The van der Waals surface area contributed by atoms with Crippen LogP contribution >= 0.6 is 0 Å². The third-order valence-corrected chi connectivity index (χ3v) is 7.03. The van der Waals surface area contributed by atoms with Gasteiger partial charge in [-0.2, -0.15) is 0 Å². The Morgan fingerprint density at radius 1 is 1.22 bits per heavy atom. The van der Waals surface area contributed by atoms with Crippen molar-refractivity contribution in [3.63, 3.8) is 0 Å². The summed E-state index contributed by atoms with van der Waals surface area (Å²) in [6.45, 7) is 0.0846. The quantitative estimate of drug-likeness (QED) is 0.549. The van der Waals surface area contributed by atoms with E-state index >= 15 is 0 Å². The van der Waals surface area contributed by atoms with E-state index < -0.39 is 17.6 Å². The number of carbonyl (C=O) groups is 2. The molecule has 1 aromatic heterocycles. The molecule has 1 aliphatic carbocycles. The summed E-state index contributed by atoms with van der Waals surface area (Å²) in [5.41, 5.74) is 3.23. The van der Waals surface area contributed by atoms with Gasteiger partial charge in [0.15, 0.2) is 0 Å². The topological polar surface area (TPSA) is 94.7 Å². The predicted molar refractivity (Wildman–Crippen MR) is 121 cm³/mol. The number of cyclic esters (lactones) is 1. The molecule has 0 radical (unpaired) electrons. The Labute approximate surface area is 186 Å². The molecule has 32 heavy (non-hydrogen) atoms. The summed E-state index contributed by atoms with van der Waals surface area (Å²) in [5, 5.41) is 13.8. The van der Waals surface area contributed by atoms with Crippen LogP contribution in [0.3, 0.4) is 0 Å². The van der Waals surface area contributed by atoms with Crippen LogP contribution in [-0.4, -0.2) is 53.8 Å². The van der Waals surface area contributed by atoms with E-state index in [1.165, 1.54) is 10.9 Å². The van der Waals surface area contributed by atoms with Crippen molar-refractivity contribution in [2.75, 3.05) is 20.7 Å². The molecule has 2 heterocycles. The summed E-state index contributed by atoms with van der Waals surface area (Å²) < 4.78 is 5.27. The first-order valence-corrected chi connectivity index (χ1v) is 10.9. The number of H-pyrrole nitrogens is 1. The molecule has 1 saturated heterocycles. The molecule has 166 valence electrons. The van der Waals surface area contributed by atoms with E-state index in [4.69, 9.17) is 4.74 Å². The highest BCUT2D eigenvalue weighted by atomic mass is 16.6. The number of alkyl carbamates (subject to hydrolysis) is 1. The minimum Gasteiger partial charge on any atom is -0.478 e. The fraction of sp³-hybridized carbons (Fsp3) is 0.360. The fourth-order valence-electron chi connectivity index (χ4n) is 5.13. The lowest BCUT2D eigenvalue weighted by molar-refractivity contribution is 0.0692. The number of hydrogen-bond acceptors (Lipinski definition) is 4. The van der Waals surface area contributed by atoms with Gasteiger partial charge in [-0.1, -0.05) is 24.3 Å². The van der Waals surface area contributed by atoms with Crippen molar-refractivity contribution >= 4 is 23.0 Å². The number of carboxylic acid groups (broad SMARTS) is 1. The molecule has 2 aliphatic rings. The Kier molecular flexibility index (Phi) is 4.93. The van der Waals surface area contributed by atoms with Gasteiger partial charge >= 0.3 is 12.1 Å². The number of ether oxygens (including phenoxy) is 1. The van der Waals surface area contributed by atoms with Gasteiger partial charge in [-0.3, -0.25) is 0 Å². The number of fused-ring (bicyclic) bond motifs is 1. The van der Waals surface area contributed by atoms with E-state index in [-0.39, 0.29) is 12.2 Å². The molecule has 0 bridgehead atoms. The number of carbonyl (C=O) groups excluding carboxylic acids is 1. The van der Waals surface area contributed by atoms with Crippen molar-refractivity contribution in [2.45, 2.75) is 36.8 Å². The van der Waals surface area contributed by atoms with Crippen LogP contribution in [0, 0.1) is 0 Å². The Morgan fingerprint density at radius 2 is 2.00 bits per heavy atom. The highest BCUT2D eigenvalue weighted by Crippen LogP contribution is 2.42. The normalized spacial score (nSPS) is 24.9. The van der Waals surface area contributed by atoms with E-state index in [1.54, 1.807) is 24.3 Å². The Hall–Kier alpha value is -3.32. The summed E-state index contributed by atoms with van der Waals surface area (Å²) in [6, 6.07) is 13.7. The number of aromatic amines is 1. The molecule has 0 unspecified atom stereocenters. The summed E-state index contributed by atoms with van der Waals surface area (Å²) in [6.07, 6.45) is 4.31. The Balaban J connectivity index is 1.50. The largest absolute Gasteiger partial charge is 0.478 e. The molecule has 0 spiro atoms. The van der Waals surface area contributed by atoms with Crippen LogP contribution < -0.4 is 5.32 Å². The number of aromatic carboxylic acids is 1. The number of nitrogens with one attached hydrogen (secondary N) is 2. The number of aromatic nitrogens is 1. The van der Waals surface area contributed by atoms with Crippen molar-refractivity contribution in [1.29, 1.82) is 0 Å². The average molecular weight is 434 g/mol. The van der Waals surface area contributed by atoms with Crippen molar-refractivity contribution in [1.82, 2.24) is 15.2 Å². The van der Waals surface area contributed by atoms with Crippen LogP contribution in [0.1, 0.15) is 45.8 Å². The van der Waals surface area contributed by atoms with Gasteiger partial charge in [-0.05, 0) is 67.7 Å². The Morgan fingerprint density at radius 3 is 2.69 bits per heavy atom. The van der Waals surface area contributed by atoms with Gasteiger partial charge in [0.25, 0.3) is 0 Å². The van der Waals surface area contributed by atoms with Crippen LogP contribution in [0.2, 0.25) is 0 Å². The minimum atomic E-state index is -1.02. The van der Waals surface area contributed by atoms with Gasteiger partial charge < -0.3 is 25.0 Å². The maximum atomic E-state index is 12.1. The average Bonchev–Trinajstić information content (AvgIpc) is 3.31. The first-order chi connectivity index (χ1) is 15.4. The third-order valence-electron chi connectivity index (χ3n) is 7.03. The van der Waals surface area contributed by atoms with Gasteiger partial charge in [0.2, 0.25) is 0 Å². The standard InChI is InChI=1S/C25H27N3O4/c1-28(2)17-10-16(11-17)20-13-26-22-8-7-15(9-19(20)22)12-25(14-32-24(31)27-25)21-6-4-3-5-18(21)23(29)30/h3-9,13,16-17,26H,10-12,14H2,1-2H3,(H,27,31)(H,29,30)/t16?,17?,25-/m1/s1. The zero-order valence-corrected chi connectivity index (χ0v) is 18.2. The van der Waals surface area contributed by atoms with E-state index in [2.05, 4.69) is 47.6 Å². The summed E-state index contributed by atoms with van der Waals surface area (Å²) >= 11 is 0. The third kappa shape index (κ3) is 3.42. The molecule has 1 saturated carbocycles. The zero-order chi connectivity index (χ0) is 22.5. The molecule has 3 aromatic rings. The second-order valence-corrected chi connectivity index (χ2v) is 9.22. The minimum absolute atomic E-state index is 0.0846. The lowest BCUT2D eigenvalue weighted by Crippen LogP contribution is -2.43. The van der Waals surface area contributed by atoms with E-state index in [9.17, 15) is 14.7 Å². The number of benzene rings is 2. The predicted octanol–water partition coefficient (Wildman–Crippen LogP) is 3.85. The second-order valence-electron chi connectivity index (χ2n) is 9.22. The molecular weight excluding hydrogens is 406 g/mol. The highest BCUT2D eigenvalue weighted by molar-refractivity contribution is 5.90. The molecule has 1 atom stereocenters. The molecule has 2 aromatic carbocycles. The van der Waals surface area contributed by atoms with Gasteiger partial charge in [-0.25, -0.2) is 9.59 Å². The lowest BCUT2D eigenvalue weighted by atomic mass is 9.75. The summed E-state index contributed by atoms with van der Waals surface area (Å²) in [4.78, 5) is 29.6. The summed E-state index contributed by atoms with van der Waals surface area (Å²) in [5.74, 6) is -0.493. The lowest BCUT2D eigenvalue weighted by Gasteiger charge is -2.39. The maximum Gasteiger partial charge on any atom is 0.408 e. The molecule has 3 N–H and O–H groups in total. The van der Waals surface area contributed by atoms with Crippen molar-refractivity contribution in [2.24, 2.45) is 0 Å². The van der Waals surface area contributed by atoms with Crippen molar-refractivity contribution in [3.8, 4) is 0 Å². The van der Waals surface area contributed by atoms with Crippen LogP contribution in [-0.2, 0) is 16.7 Å². The Bertz CT molecular complexity index is 1190. The van der Waals surface area contributed by atoms with Gasteiger partial charge in [0.05, 0.1) is 5.56 Å². The monoisotopic (exact) mass is 433 g/mol. The smallest absolute Gasteiger partial charge is 0.408 e. The number of hydrogen-bond donors (Lipinski definition) is 3. The molecular formula is C25H27N3O4. The SMILES string of the molecule is CN(C)C1CC(c2c[nH]c3ccc(C[C@]4(c5ccccc5C(=O)O)COC(=O)N4)cc23)C1. The zero-order valence-electron chi connectivity index (χ0n) is 18.2. The molecule has 5 rings (SSSR count). The first kappa shape index (κ1) is 20.6. The number of amides is 1. The van der Waals surface area contributed by atoms with Gasteiger partial charge in [-0.15, -0.1) is 0 Å². The van der Waals surface area contributed by atoms with Crippen molar-refractivity contribution in [3.05, 3.63) is 70.9 Å². The molecule has 1 aliphatic heterocycles.